The highest BCUT2D eigenvalue weighted by Crippen LogP contribution is 2.19. The molecule has 0 aliphatic heterocycles. The van der Waals surface area contributed by atoms with Gasteiger partial charge in [0.05, 0.1) is 0 Å². The first kappa shape index (κ1) is 11.6. The number of ketones is 1. The lowest BCUT2D eigenvalue weighted by molar-refractivity contribution is 0.0982. The largest absolute Gasteiger partial charge is 0.314 e. The van der Waals surface area contributed by atoms with Gasteiger partial charge in [0.2, 0.25) is 0 Å². The molecular weight excluding hydrogens is 222 g/mol. The monoisotopic (exact) mass is 237 g/mol. The maximum Gasteiger partial charge on any atom is 0.164 e. The van der Waals surface area contributed by atoms with Crippen LogP contribution in [0.2, 0.25) is 5.02 Å². The lowest BCUT2D eigenvalue weighted by Gasteiger charge is -2.04. The molecule has 1 saturated carbocycles. The molecule has 3 heteroatoms. The summed E-state index contributed by atoms with van der Waals surface area (Å²) in [6.45, 7) is 2.71. The van der Waals surface area contributed by atoms with Gasteiger partial charge in [0, 0.05) is 29.6 Å². The number of Topliss-reactive ketones (excluding diaryl/α,β-unsaturated/α-hetero) is 1. The first-order valence-corrected chi connectivity index (χ1v) is 6.07. The summed E-state index contributed by atoms with van der Waals surface area (Å²) in [4.78, 5) is 11.8. The Morgan fingerprint density at radius 1 is 1.50 bits per heavy atom. The molecule has 2 nitrogen and oxygen atoms in total. The van der Waals surface area contributed by atoms with E-state index in [1.54, 1.807) is 6.07 Å². The molecule has 0 heterocycles. The van der Waals surface area contributed by atoms with Crippen molar-refractivity contribution in [3.05, 3.63) is 34.3 Å². The predicted octanol–water partition coefficient (Wildman–Crippen LogP) is 2.97. The second-order valence-electron chi connectivity index (χ2n) is 4.37. The Kier molecular flexibility index (Phi) is 3.62. The fourth-order valence-electron chi connectivity index (χ4n) is 1.59. The SMILES string of the molecule is Cc1ccc(C(=O)CCNC2CC2)cc1Cl. The molecule has 0 saturated heterocycles. The Morgan fingerprint density at radius 2 is 2.25 bits per heavy atom. The highest BCUT2D eigenvalue weighted by molar-refractivity contribution is 6.31. The van der Waals surface area contributed by atoms with Gasteiger partial charge in [-0.2, -0.15) is 0 Å². The maximum atomic E-state index is 11.8. The molecular formula is C13H16ClNO. The van der Waals surface area contributed by atoms with E-state index in [0.717, 1.165) is 12.1 Å². The van der Waals surface area contributed by atoms with E-state index in [1.807, 2.05) is 19.1 Å². The minimum atomic E-state index is 0.162. The molecule has 1 aromatic rings. The summed E-state index contributed by atoms with van der Waals surface area (Å²) in [5.41, 5.74) is 1.72. The highest BCUT2D eigenvalue weighted by atomic mass is 35.5. The summed E-state index contributed by atoms with van der Waals surface area (Å²) in [5, 5.41) is 4.00. The Morgan fingerprint density at radius 3 is 2.88 bits per heavy atom. The van der Waals surface area contributed by atoms with Gasteiger partial charge in [-0.25, -0.2) is 0 Å². The van der Waals surface area contributed by atoms with Crippen LogP contribution in [0.3, 0.4) is 0 Å². The molecule has 0 aromatic heterocycles. The molecule has 16 heavy (non-hydrogen) atoms. The van der Waals surface area contributed by atoms with Gasteiger partial charge in [0.15, 0.2) is 5.78 Å². The van der Waals surface area contributed by atoms with Gasteiger partial charge in [-0.1, -0.05) is 23.7 Å². The van der Waals surface area contributed by atoms with Crippen LogP contribution in [0.5, 0.6) is 0 Å². The number of halogens is 1. The van der Waals surface area contributed by atoms with Crippen molar-refractivity contribution in [2.75, 3.05) is 6.54 Å². The number of aryl methyl sites for hydroxylation is 1. The van der Waals surface area contributed by atoms with Crippen LogP contribution < -0.4 is 5.32 Å². The van der Waals surface area contributed by atoms with Crippen molar-refractivity contribution in [3.63, 3.8) is 0 Å². The van der Waals surface area contributed by atoms with E-state index < -0.39 is 0 Å². The van der Waals surface area contributed by atoms with Crippen LogP contribution in [-0.4, -0.2) is 18.4 Å². The molecule has 0 atom stereocenters. The number of hydrogen-bond acceptors (Lipinski definition) is 2. The minimum Gasteiger partial charge on any atom is -0.314 e. The molecule has 0 unspecified atom stereocenters. The number of nitrogens with one attached hydrogen (secondary N) is 1. The van der Waals surface area contributed by atoms with Crippen molar-refractivity contribution < 1.29 is 4.79 Å². The molecule has 1 aliphatic rings. The fourth-order valence-corrected chi connectivity index (χ4v) is 1.77. The van der Waals surface area contributed by atoms with E-state index in [2.05, 4.69) is 5.32 Å². The van der Waals surface area contributed by atoms with Crippen molar-refractivity contribution in [2.45, 2.75) is 32.2 Å². The minimum absolute atomic E-state index is 0.162. The van der Waals surface area contributed by atoms with Crippen molar-refractivity contribution in [2.24, 2.45) is 0 Å². The molecule has 1 aliphatic carbocycles. The summed E-state index contributed by atoms with van der Waals surface area (Å²) in [5.74, 6) is 0.162. The average Bonchev–Trinajstić information content (AvgIpc) is 3.06. The Labute approximate surface area is 101 Å². The molecule has 0 spiro atoms. The zero-order valence-electron chi connectivity index (χ0n) is 9.42. The van der Waals surface area contributed by atoms with Crippen molar-refractivity contribution in [1.82, 2.24) is 5.32 Å². The number of benzene rings is 1. The Hall–Kier alpha value is -0.860. The Balaban J connectivity index is 1.88. The van der Waals surface area contributed by atoms with Gasteiger partial charge in [-0.3, -0.25) is 4.79 Å². The van der Waals surface area contributed by atoms with E-state index in [1.165, 1.54) is 12.8 Å². The van der Waals surface area contributed by atoms with E-state index in [-0.39, 0.29) is 5.78 Å². The zero-order valence-corrected chi connectivity index (χ0v) is 10.2. The molecule has 0 amide bonds. The number of carbonyl (C=O) groups is 1. The van der Waals surface area contributed by atoms with Crippen molar-refractivity contribution in [1.29, 1.82) is 0 Å². The van der Waals surface area contributed by atoms with E-state index in [9.17, 15) is 4.79 Å². The highest BCUT2D eigenvalue weighted by Gasteiger charge is 2.20. The first-order valence-electron chi connectivity index (χ1n) is 5.69. The summed E-state index contributed by atoms with van der Waals surface area (Å²) in [6, 6.07) is 6.16. The second-order valence-corrected chi connectivity index (χ2v) is 4.77. The van der Waals surface area contributed by atoms with Gasteiger partial charge in [0.25, 0.3) is 0 Å². The zero-order chi connectivity index (χ0) is 11.5. The molecule has 1 fully saturated rings. The van der Waals surface area contributed by atoms with Crippen LogP contribution in [0.15, 0.2) is 18.2 Å². The summed E-state index contributed by atoms with van der Waals surface area (Å²) >= 11 is 5.98. The van der Waals surface area contributed by atoms with Crippen LogP contribution in [0.4, 0.5) is 0 Å². The van der Waals surface area contributed by atoms with Crippen LogP contribution in [-0.2, 0) is 0 Å². The van der Waals surface area contributed by atoms with E-state index >= 15 is 0 Å². The molecule has 2 rings (SSSR count). The molecule has 0 radical (unpaired) electrons. The third kappa shape index (κ3) is 3.06. The van der Waals surface area contributed by atoms with Gasteiger partial charge in [-0.05, 0) is 31.4 Å². The van der Waals surface area contributed by atoms with Gasteiger partial charge in [-0.15, -0.1) is 0 Å². The predicted molar refractivity (Wildman–Crippen MR) is 66.2 cm³/mol. The van der Waals surface area contributed by atoms with Crippen LogP contribution in [0, 0.1) is 6.92 Å². The summed E-state index contributed by atoms with van der Waals surface area (Å²) in [7, 11) is 0. The standard InChI is InChI=1S/C13H16ClNO/c1-9-2-3-10(8-12(9)14)13(16)6-7-15-11-4-5-11/h2-3,8,11,15H,4-7H2,1H3. The van der Waals surface area contributed by atoms with Gasteiger partial charge < -0.3 is 5.32 Å². The average molecular weight is 238 g/mol. The maximum absolute atomic E-state index is 11.8. The fraction of sp³-hybridized carbons (Fsp3) is 0.462. The first-order chi connectivity index (χ1) is 7.66. The number of carbonyl (C=O) groups excluding carboxylic acids is 1. The normalized spacial score (nSPS) is 15.1. The van der Waals surface area contributed by atoms with Gasteiger partial charge >= 0.3 is 0 Å². The van der Waals surface area contributed by atoms with Crippen molar-refractivity contribution in [3.8, 4) is 0 Å². The lowest BCUT2D eigenvalue weighted by atomic mass is 10.1. The van der Waals surface area contributed by atoms with Crippen molar-refractivity contribution >= 4 is 17.4 Å². The van der Waals surface area contributed by atoms with E-state index in [4.69, 9.17) is 11.6 Å². The lowest BCUT2D eigenvalue weighted by Crippen LogP contribution is -2.20. The van der Waals surface area contributed by atoms with Crippen LogP contribution in [0.1, 0.15) is 35.2 Å². The third-order valence-electron chi connectivity index (χ3n) is 2.86. The Bertz CT molecular complexity index is 399. The van der Waals surface area contributed by atoms with Crippen LogP contribution >= 0.6 is 11.6 Å². The molecule has 0 bridgehead atoms. The topological polar surface area (TPSA) is 29.1 Å². The summed E-state index contributed by atoms with van der Waals surface area (Å²) in [6.07, 6.45) is 3.06. The smallest absolute Gasteiger partial charge is 0.164 e. The molecule has 86 valence electrons. The third-order valence-corrected chi connectivity index (χ3v) is 3.26. The second kappa shape index (κ2) is 4.98. The van der Waals surface area contributed by atoms with Gasteiger partial charge in [0.1, 0.15) is 0 Å². The quantitative estimate of drug-likeness (QED) is 0.798. The molecule has 1 N–H and O–H groups in total. The number of hydrogen-bond donors (Lipinski definition) is 1. The van der Waals surface area contributed by atoms with E-state index in [0.29, 0.717) is 23.0 Å². The molecule has 1 aromatic carbocycles. The van der Waals surface area contributed by atoms with Crippen LogP contribution in [0.25, 0.3) is 0 Å². The summed E-state index contributed by atoms with van der Waals surface area (Å²) < 4.78 is 0. The number of rotatable bonds is 5.